The number of nitrogens with one attached hydrogen (secondary N) is 1. The van der Waals surface area contributed by atoms with Gasteiger partial charge in [-0.1, -0.05) is 61.7 Å². The maximum Gasteiger partial charge on any atom is 0.248 e. The third kappa shape index (κ3) is 4.92. The molecule has 1 aliphatic carbocycles. The van der Waals surface area contributed by atoms with E-state index >= 15 is 0 Å². The Hall–Kier alpha value is -2.96. The number of hydrogen-bond donors (Lipinski definition) is 1. The summed E-state index contributed by atoms with van der Waals surface area (Å²) in [6.07, 6.45) is 8.41. The minimum atomic E-state index is -3.54. The summed E-state index contributed by atoms with van der Waals surface area (Å²) in [6, 6.07) is 20.4. The van der Waals surface area contributed by atoms with Crippen LogP contribution in [0.4, 0.5) is 5.69 Å². The number of benzene rings is 3. The molecular weight excluding hydrogens is 420 g/mol. The van der Waals surface area contributed by atoms with E-state index in [4.69, 9.17) is 0 Å². The topological polar surface area (TPSA) is 66.5 Å². The fourth-order valence-corrected chi connectivity index (χ4v) is 5.68. The molecule has 1 fully saturated rings. The minimum Gasteiger partial charge on any atom is -0.323 e. The second-order valence-corrected chi connectivity index (χ2v) is 10.2. The van der Waals surface area contributed by atoms with Crippen molar-refractivity contribution in [2.45, 2.75) is 43.0 Å². The first-order valence-corrected chi connectivity index (χ1v) is 12.4. The Balaban J connectivity index is 1.43. The quantitative estimate of drug-likeness (QED) is 0.510. The lowest BCUT2D eigenvalue weighted by Crippen LogP contribution is -2.38. The number of anilines is 1. The number of carbonyl (C=O) groups is 1. The molecule has 5 nitrogen and oxygen atoms in total. The van der Waals surface area contributed by atoms with Gasteiger partial charge >= 0.3 is 0 Å². The zero-order chi connectivity index (χ0) is 22.6. The van der Waals surface area contributed by atoms with Crippen molar-refractivity contribution in [1.82, 2.24) is 4.31 Å². The van der Waals surface area contributed by atoms with Crippen molar-refractivity contribution >= 4 is 38.5 Å². The molecule has 0 saturated heterocycles. The van der Waals surface area contributed by atoms with Gasteiger partial charge in [-0.25, -0.2) is 8.42 Å². The minimum absolute atomic E-state index is 0.0623. The average Bonchev–Trinajstić information content (AvgIpc) is 2.83. The molecule has 4 rings (SSSR count). The number of rotatable bonds is 6. The molecule has 166 valence electrons. The first-order chi connectivity index (χ1) is 15.4. The van der Waals surface area contributed by atoms with Crippen LogP contribution in [0.15, 0.2) is 77.7 Å². The molecule has 1 saturated carbocycles. The molecule has 1 N–H and O–H groups in total. The van der Waals surface area contributed by atoms with Gasteiger partial charge in [-0.15, -0.1) is 0 Å². The van der Waals surface area contributed by atoms with Crippen molar-refractivity contribution in [2.75, 3.05) is 12.4 Å². The third-order valence-corrected chi connectivity index (χ3v) is 8.05. The van der Waals surface area contributed by atoms with Crippen LogP contribution in [0.1, 0.15) is 37.7 Å². The SMILES string of the molecule is CN(C1CCCCC1)S(=O)(=O)c1ccc(NC(=O)C=Cc2cccc3ccccc23)cc1. The molecule has 0 spiro atoms. The molecule has 0 atom stereocenters. The number of carbonyl (C=O) groups excluding carboxylic acids is 1. The first kappa shape index (κ1) is 22.2. The Bertz CT molecular complexity index is 1220. The van der Waals surface area contributed by atoms with Gasteiger partial charge in [0.15, 0.2) is 0 Å². The van der Waals surface area contributed by atoms with Crippen molar-refractivity contribution in [2.24, 2.45) is 0 Å². The molecule has 3 aromatic carbocycles. The summed E-state index contributed by atoms with van der Waals surface area (Å²) < 4.78 is 27.4. The number of fused-ring (bicyclic) bond motifs is 1. The highest BCUT2D eigenvalue weighted by Crippen LogP contribution is 2.27. The Morgan fingerprint density at radius 3 is 2.38 bits per heavy atom. The standard InChI is InChI=1S/C26H28N2O3S/c1-28(23-11-3-2-4-12-23)32(30,31)24-17-15-22(16-18-24)27-26(29)19-14-21-10-7-9-20-8-5-6-13-25(20)21/h5-10,13-19,23H,2-4,11-12H2,1H3,(H,27,29). The molecule has 0 bridgehead atoms. The lowest BCUT2D eigenvalue weighted by atomic mass is 9.96. The third-order valence-electron chi connectivity index (χ3n) is 6.13. The number of nitrogens with zero attached hydrogens (tertiary/aromatic N) is 1. The number of amides is 1. The Morgan fingerprint density at radius 1 is 0.938 bits per heavy atom. The van der Waals surface area contributed by atoms with Gasteiger partial charge in [0.1, 0.15) is 0 Å². The molecule has 0 aliphatic heterocycles. The van der Waals surface area contributed by atoms with Crippen LogP contribution in [-0.4, -0.2) is 31.7 Å². The van der Waals surface area contributed by atoms with Crippen LogP contribution >= 0.6 is 0 Å². The lowest BCUT2D eigenvalue weighted by molar-refractivity contribution is -0.111. The highest BCUT2D eigenvalue weighted by molar-refractivity contribution is 7.89. The van der Waals surface area contributed by atoms with E-state index in [1.807, 2.05) is 42.5 Å². The van der Waals surface area contributed by atoms with Crippen LogP contribution in [0.5, 0.6) is 0 Å². The molecule has 0 heterocycles. The molecule has 0 radical (unpaired) electrons. The van der Waals surface area contributed by atoms with Crippen molar-refractivity contribution in [3.05, 3.63) is 78.4 Å². The molecule has 0 aromatic heterocycles. The highest BCUT2D eigenvalue weighted by atomic mass is 32.2. The molecular formula is C26H28N2O3S. The Labute approximate surface area is 189 Å². The van der Waals surface area contributed by atoms with Gasteiger partial charge in [-0.2, -0.15) is 4.31 Å². The van der Waals surface area contributed by atoms with Crippen LogP contribution in [-0.2, 0) is 14.8 Å². The smallest absolute Gasteiger partial charge is 0.248 e. The van der Waals surface area contributed by atoms with Gasteiger partial charge in [0.05, 0.1) is 4.90 Å². The van der Waals surface area contributed by atoms with Gasteiger partial charge in [-0.3, -0.25) is 4.79 Å². The lowest BCUT2D eigenvalue weighted by Gasteiger charge is -2.30. The summed E-state index contributed by atoms with van der Waals surface area (Å²) in [4.78, 5) is 12.6. The van der Waals surface area contributed by atoms with E-state index in [9.17, 15) is 13.2 Å². The molecule has 32 heavy (non-hydrogen) atoms. The van der Waals surface area contributed by atoms with Crippen molar-refractivity contribution < 1.29 is 13.2 Å². The predicted octanol–water partition coefficient (Wildman–Crippen LogP) is 5.44. The Kier molecular flexibility index (Phi) is 6.72. The summed E-state index contributed by atoms with van der Waals surface area (Å²) in [5.41, 5.74) is 1.52. The largest absolute Gasteiger partial charge is 0.323 e. The van der Waals surface area contributed by atoms with E-state index < -0.39 is 10.0 Å². The van der Waals surface area contributed by atoms with Gasteiger partial charge in [0.2, 0.25) is 15.9 Å². The summed E-state index contributed by atoms with van der Waals surface area (Å²) in [7, 11) is -1.88. The summed E-state index contributed by atoms with van der Waals surface area (Å²) in [5, 5.41) is 4.99. The first-order valence-electron chi connectivity index (χ1n) is 11.0. The molecule has 0 unspecified atom stereocenters. The van der Waals surface area contributed by atoms with Crippen LogP contribution in [0, 0.1) is 0 Å². The van der Waals surface area contributed by atoms with Crippen LogP contribution in [0.3, 0.4) is 0 Å². The van der Waals surface area contributed by atoms with Crippen LogP contribution in [0.25, 0.3) is 16.8 Å². The van der Waals surface area contributed by atoms with E-state index in [1.54, 1.807) is 37.4 Å². The molecule has 1 amide bonds. The maximum atomic E-state index is 13.0. The normalized spacial score (nSPS) is 15.4. The van der Waals surface area contributed by atoms with E-state index in [-0.39, 0.29) is 16.8 Å². The second kappa shape index (κ2) is 9.67. The van der Waals surface area contributed by atoms with E-state index in [2.05, 4.69) is 5.32 Å². The molecule has 6 heteroatoms. The second-order valence-electron chi connectivity index (χ2n) is 8.23. The monoisotopic (exact) mass is 448 g/mol. The highest BCUT2D eigenvalue weighted by Gasteiger charge is 2.28. The van der Waals surface area contributed by atoms with Crippen molar-refractivity contribution in [3.63, 3.8) is 0 Å². The fourth-order valence-electron chi connectivity index (χ4n) is 4.26. The van der Waals surface area contributed by atoms with Crippen molar-refractivity contribution in [1.29, 1.82) is 0 Å². The maximum absolute atomic E-state index is 13.0. The van der Waals surface area contributed by atoms with Gasteiger partial charge in [0, 0.05) is 24.9 Å². The molecule has 1 aliphatic rings. The fraction of sp³-hybridized carbons (Fsp3) is 0.269. The van der Waals surface area contributed by atoms with E-state index in [0.29, 0.717) is 5.69 Å². The Morgan fingerprint density at radius 2 is 1.62 bits per heavy atom. The average molecular weight is 449 g/mol. The van der Waals surface area contributed by atoms with Crippen molar-refractivity contribution in [3.8, 4) is 0 Å². The summed E-state index contributed by atoms with van der Waals surface area (Å²) in [5.74, 6) is -0.270. The number of sulfonamides is 1. The number of hydrogen-bond acceptors (Lipinski definition) is 3. The zero-order valence-electron chi connectivity index (χ0n) is 18.2. The van der Waals surface area contributed by atoms with Crippen LogP contribution < -0.4 is 5.32 Å². The summed E-state index contributed by atoms with van der Waals surface area (Å²) >= 11 is 0. The summed E-state index contributed by atoms with van der Waals surface area (Å²) in [6.45, 7) is 0. The van der Waals surface area contributed by atoms with Crippen LogP contribution in [0.2, 0.25) is 0 Å². The van der Waals surface area contributed by atoms with E-state index in [1.165, 1.54) is 16.8 Å². The van der Waals surface area contributed by atoms with Gasteiger partial charge in [0.25, 0.3) is 0 Å². The van der Waals surface area contributed by atoms with Gasteiger partial charge < -0.3 is 5.32 Å². The zero-order valence-corrected chi connectivity index (χ0v) is 19.0. The van der Waals surface area contributed by atoms with Gasteiger partial charge in [-0.05, 0) is 59.5 Å². The van der Waals surface area contributed by atoms with E-state index in [0.717, 1.165) is 42.0 Å². The predicted molar refractivity (Wildman–Crippen MR) is 130 cm³/mol. The molecule has 3 aromatic rings.